The highest BCUT2D eigenvalue weighted by molar-refractivity contribution is 6.26. The quantitative estimate of drug-likeness (QED) is 0.122. The zero-order valence-corrected chi connectivity index (χ0v) is 67.7. The first-order valence-corrected chi connectivity index (χ1v) is 42.9. The van der Waals surface area contributed by atoms with Crippen molar-refractivity contribution in [2.75, 3.05) is 0 Å². The summed E-state index contributed by atoms with van der Waals surface area (Å²) in [5.41, 5.74) is 29.0. The van der Waals surface area contributed by atoms with E-state index in [4.69, 9.17) is 0 Å². The lowest BCUT2D eigenvalue weighted by Crippen LogP contribution is -1.95. The average Bonchev–Trinajstić information content (AvgIpc) is 1.39. The van der Waals surface area contributed by atoms with Crippen molar-refractivity contribution in [2.45, 2.75) is 0 Å². The summed E-state index contributed by atoms with van der Waals surface area (Å²) in [5.74, 6) is 0. The van der Waals surface area contributed by atoms with E-state index in [1.165, 1.54) is 224 Å². The fourth-order valence-electron chi connectivity index (χ4n) is 20.8. The third kappa shape index (κ3) is 11.2. The van der Waals surface area contributed by atoms with Crippen LogP contribution in [0.2, 0.25) is 0 Å². The summed E-state index contributed by atoms with van der Waals surface area (Å²) in [6, 6.07) is 169. The normalized spacial score (nSPS) is 11.9. The summed E-state index contributed by atoms with van der Waals surface area (Å²) >= 11 is 0. The number of hydrogen-bond acceptors (Lipinski definition) is 0. The van der Waals surface area contributed by atoms with Crippen molar-refractivity contribution in [2.24, 2.45) is 0 Å². The molecular formula is C120H76N4. The van der Waals surface area contributed by atoms with Gasteiger partial charge >= 0.3 is 0 Å². The fourth-order valence-corrected chi connectivity index (χ4v) is 20.8. The third-order valence-corrected chi connectivity index (χ3v) is 26.2. The van der Waals surface area contributed by atoms with Crippen LogP contribution in [-0.2, 0) is 0 Å². The number of benzene rings is 22. The Morgan fingerprint density at radius 2 is 0.347 bits per heavy atom. The molecule has 0 unspecified atom stereocenters. The molecule has 26 aromatic rings. The van der Waals surface area contributed by atoms with Gasteiger partial charge < -0.3 is 18.3 Å². The Hall–Kier alpha value is -16.4. The fraction of sp³-hybridized carbons (Fsp3) is 0. The molecule has 4 heterocycles. The smallest absolute Gasteiger partial charge is 0.0547 e. The lowest BCUT2D eigenvalue weighted by atomic mass is 9.86. The van der Waals surface area contributed by atoms with Crippen LogP contribution < -0.4 is 0 Å². The molecule has 0 spiro atoms. The molecule has 0 aliphatic carbocycles. The Morgan fingerprint density at radius 3 is 0.734 bits per heavy atom. The van der Waals surface area contributed by atoms with Gasteiger partial charge in [-0.3, -0.25) is 0 Å². The number of fused-ring (bicyclic) bond motifs is 20. The van der Waals surface area contributed by atoms with Gasteiger partial charge in [-0.2, -0.15) is 0 Å². The minimum Gasteiger partial charge on any atom is -0.309 e. The number of rotatable bonds is 10. The monoisotopic (exact) mass is 1570 g/mol. The molecule has 4 aromatic heterocycles. The summed E-state index contributed by atoms with van der Waals surface area (Å²) in [7, 11) is 0. The van der Waals surface area contributed by atoms with E-state index in [1.54, 1.807) is 0 Å². The van der Waals surface area contributed by atoms with E-state index in [0.29, 0.717) is 0 Å². The van der Waals surface area contributed by atoms with Gasteiger partial charge in [0.25, 0.3) is 0 Å². The first kappa shape index (κ1) is 70.6. The average molecular weight is 1570 g/mol. The molecule has 124 heavy (non-hydrogen) atoms. The molecule has 4 nitrogen and oxygen atoms in total. The van der Waals surface area contributed by atoms with E-state index < -0.39 is 0 Å². The zero-order chi connectivity index (χ0) is 81.5. The molecule has 26 rings (SSSR count). The SMILES string of the molecule is c1ccc(-c2c3ccccc3c(-c3ccc(-n4c5cc(-c6ccc7c(c6)c6ccccc6n7-c6ccccc6)ccc5c5c6ccccc6ccc54)cc3)c3ccccc23)cc1.c1ccc(-c2c3ccccc3c(-c3ccc(-n4c5cc(-c6ccc7c8ccccc8n(-c8ccccc8)c7c6)ccc5c5c6ccccc6ccc54)cc3)c3ccccc23)cc1. The maximum atomic E-state index is 2.47. The van der Waals surface area contributed by atoms with E-state index >= 15 is 0 Å². The Bertz CT molecular complexity index is 8690. The van der Waals surface area contributed by atoms with Gasteiger partial charge in [0.1, 0.15) is 0 Å². The van der Waals surface area contributed by atoms with Crippen molar-refractivity contribution in [3.05, 3.63) is 461 Å². The van der Waals surface area contributed by atoms with Crippen LogP contribution in [0.4, 0.5) is 0 Å². The van der Waals surface area contributed by atoms with E-state index in [9.17, 15) is 0 Å². The van der Waals surface area contributed by atoms with Crippen LogP contribution in [0.25, 0.3) is 241 Å². The maximum Gasteiger partial charge on any atom is 0.0547 e. The Labute approximate surface area is 715 Å². The van der Waals surface area contributed by atoms with E-state index in [0.717, 1.165) is 17.1 Å². The molecule has 4 heteroatoms. The highest BCUT2D eigenvalue weighted by Gasteiger charge is 2.25. The predicted octanol–water partition coefficient (Wildman–Crippen LogP) is 32.7. The molecule has 0 N–H and O–H groups in total. The first-order chi connectivity index (χ1) is 61.6. The topological polar surface area (TPSA) is 19.7 Å². The Kier molecular flexibility index (Phi) is 16.3. The van der Waals surface area contributed by atoms with Gasteiger partial charge in [-0.05, 0) is 235 Å². The standard InChI is InChI=1S/2C60H38N2/c1-3-16-40(17-4-1)58-48-22-9-11-24-50(48)59(51-25-12-10-23-49(51)58)41-27-32-45(33-28-41)62-56-36-30-39-15-7-8-20-46(39)60(56)52-34-29-43(38-57(52)62)42-31-35-55-53(37-42)47-21-13-14-26-54(47)61(55)44-18-5-2-6-19-44;1-3-16-40(17-4-1)58-49-22-9-11-24-51(49)59(52-25-12-10-23-50(52)58)41-27-32-45(33-28-41)62-55-36-31-39-15-7-8-20-46(39)60(55)53-35-30-43(38-57(53)62)42-29-34-48-47-21-13-14-26-54(47)61(56(48)37-42)44-18-5-2-6-19-44/h2*1-38H. The van der Waals surface area contributed by atoms with Gasteiger partial charge in [-0.15, -0.1) is 0 Å². The molecule has 0 radical (unpaired) electrons. The Morgan fingerprint density at radius 1 is 0.113 bits per heavy atom. The van der Waals surface area contributed by atoms with Crippen molar-refractivity contribution < 1.29 is 0 Å². The van der Waals surface area contributed by atoms with Gasteiger partial charge in [0.05, 0.1) is 44.1 Å². The van der Waals surface area contributed by atoms with Crippen LogP contribution in [0.3, 0.4) is 0 Å². The number of hydrogen-bond donors (Lipinski definition) is 0. The molecule has 22 aromatic carbocycles. The van der Waals surface area contributed by atoms with Crippen LogP contribution >= 0.6 is 0 Å². The van der Waals surface area contributed by atoms with Crippen LogP contribution in [0.15, 0.2) is 461 Å². The zero-order valence-electron chi connectivity index (χ0n) is 67.7. The highest BCUT2D eigenvalue weighted by Crippen LogP contribution is 2.49. The summed E-state index contributed by atoms with van der Waals surface area (Å²) in [6.07, 6.45) is 0. The predicted molar refractivity (Wildman–Crippen MR) is 528 cm³/mol. The van der Waals surface area contributed by atoms with Gasteiger partial charge in [0.15, 0.2) is 0 Å². The molecule has 0 saturated carbocycles. The molecule has 0 saturated heterocycles. The second-order valence-electron chi connectivity index (χ2n) is 32.8. The molecule has 0 atom stereocenters. The van der Waals surface area contributed by atoms with Gasteiger partial charge in [-0.25, -0.2) is 0 Å². The summed E-state index contributed by atoms with van der Waals surface area (Å²) in [4.78, 5) is 0. The summed E-state index contributed by atoms with van der Waals surface area (Å²) in [6.45, 7) is 0. The highest BCUT2D eigenvalue weighted by atomic mass is 15.0. The molecule has 0 bridgehead atoms. The summed E-state index contributed by atoms with van der Waals surface area (Å²) < 4.78 is 9.73. The van der Waals surface area contributed by atoms with Crippen LogP contribution in [0.1, 0.15) is 0 Å². The molecule has 0 fully saturated rings. The largest absolute Gasteiger partial charge is 0.309 e. The number of aromatic nitrogens is 4. The molecule has 576 valence electrons. The number of para-hydroxylation sites is 4. The van der Waals surface area contributed by atoms with Crippen molar-refractivity contribution in [3.63, 3.8) is 0 Å². The first-order valence-electron chi connectivity index (χ1n) is 42.9. The minimum atomic E-state index is 1.13. The van der Waals surface area contributed by atoms with Gasteiger partial charge in [0, 0.05) is 65.8 Å². The third-order valence-electron chi connectivity index (χ3n) is 26.2. The molecule has 0 aliphatic heterocycles. The lowest BCUT2D eigenvalue weighted by molar-refractivity contribution is 1.18. The van der Waals surface area contributed by atoms with E-state index in [2.05, 4.69) is 479 Å². The van der Waals surface area contributed by atoms with E-state index in [-0.39, 0.29) is 0 Å². The van der Waals surface area contributed by atoms with Crippen molar-refractivity contribution >= 4 is 152 Å². The van der Waals surface area contributed by atoms with Crippen molar-refractivity contribution in [3.8, 4) is 89.5 Å². The molecule has 0 aliphatic rings. The van der Waals surface area contributed by atoms with Crippen molar-refractivity contribution in [1.82, 2.24) is 18.3 Å². The molecule has 0 amide bonds. The van der Waals surface area contributed by atoms with Crippen LogP contribution in [0.5, 0.6) is 0 Å². The second kappa shape index (κ2) is 28.7. The van der Waals surface area contributed by atoms with Crippen molar-refractivity contribution in [1.29, 1.82) is 0 Å². The van der Waals surface area contributed by atoms with Crippen LogP contribution in [0, 0.1) is 0 Å². The number of nitrogens with zero attached hydrogens (tertiary/aromatic N) is 4. The summed E-state index contributed by atoms with van der Waals surface area (Å²) in [5, 5.41) is 25.2. The van der Waals surface area contributed by atoms with Gasteiger partial charge in [0.2, 0.25) is 0 Å². The minimum absolute atomic E-state index is 1.13. The van der Waals surface area contributed by atoms with E-state index in [1.807, 2.05) is 0 Å². The van der Waals surface area contributed by atoms with Crippen LogP contribution in [-0.4, -0.2) is 18.3 Å². The lowest BCUT2D eigenvalue weighted by Gasteiger charge is -2.18. The molecular weight excluding hydrogens is 1500 g/mol. The Balaban J connectivity index is 0.000000136. The second-order valence-corrected chi connectivity index (χ2v) is 32.8. The van der Waals surface area contributed by atoms with Gasteiger partial charge in [-0.1, -0.05) is 358 Å². The maximum absolute atomic E-state index is 2.47.